The fourth-order valence-corrected chi connectivity index (χ4v) is 3.15. The molecule has 7 heteroatoms. The molecule has 0 atom stereocenters. The number of aromatic nitrogens is 3. The molecule has 0 unspecified atom stereocenters. The Balaban J connectivity index is 1.74. The van der Waals surface area contributed by atoms with Crippen molar-refractivity contribution in [3.63, 3.8) is 0 Å². The highest BCUT2D eigenvalue weighted by Gasteiger charge is 2.14. The van der Waals surface area contributed by atoms with Crippen LogP contribution in [0.2, 0.25) is 0 Å². The van der Waals surface area contributed by atoms with Gasteiger partial charge in [0.05, 0.1) is 19.1 Å². The summed E-state index contributed by atoms with van der Waals surface area (Å²) in [5.74, 6) is 1.77. The van der Waals surface area contributed by atoms with Crippen molar-refractivity contribution in [2.24, 2.45) is 0 Å². The van der Waals surface area contributed by atoms with E-state index < -0.39 is 0 Å². The fraction of sp³-hybridized carbons (Fsp3) is 0.136. The second kappa shape index (κ2) is 8.02. The van der Waals surface area contributed by atoms with Crippen LogP contribution in [-0.4, -0.2) is 28.7 Å². The van der Waals surface area contributed by atoms with E-state index in [2.05, 4.69) is 20.3 Å². The number of hydrogen-bond acceptors (Lipinski definition) is 6. The summed E-state index contributed by atoms with van der Waals surface area (Å²) in [5, 5.41) is 3.51. The number of H-pyrrole nitrogens is 1. The molecule has 0 spiro atoms. The molecule has 7 nitrogen and oxygen atoms in total. The maximum Gasteiger partial charge on any atom is 0.262 e. The van der Waals surface area contributed by atoms with Crippen molar-refractivity contribution in [3.8, 4) is 22.6 Å². The third-order valence-electron chi connectivity index (χ3n) is 4.43. The molecule has 146 valence electrons. The number of aromatic amines is 1. The van der Waals surface area contributed by atoms with E-state index in [4.69, 9.17) is 9.47 Å². The number of methoxy groups -OCH3 is 1. The third-order valence-corrected chi connectivity index (χ3v) is 4.43. The van der Waals surface area contributed by atoms with Crippen LogP contribution in [0, 0.1) is 0 Å². The van der Waals surface area contributed by atoms with Crippen molar-refractivity contribution in [2.45, 2.75) is 6.92 Å². The van der Waals surface area contributed by atoms with Crippen LogP contribution in [0.3, 0.4) is 0 Å². The molecule has 0 bridgehead atoms. The van der Waals surface area contributed by atoms with Gasteiger partial charge < -0.3 is 14.8 Å². The molecule has 2 aromatic carbocycles. The quantitative estimate of drug-likeness (QED) is 0.516. The van der Waals surface area contributed by atoms with Crippen molar-refractivity contribution < 1.29 is 9.47 Å². The van der Waals surface area contributed by atoms with Gasteiger partial charge in [-0.2, -0.15) is 4.98 Å². The van der Waals surface area contributed by atoms with E-state index in [9.17, 15) is 4.79 Å². The van der Waals surface area contributed by atoms with E-state index in [0.29, 0.717) is 34.9 Å². The number of nitrogens with zero attached hydrogens (tertiary/aromatic N) is 2. The van der Waals surface area contributed by atoms with Gasteiger partial charge >= 0.3 is 0 Å². The minimum Gasteiger partial charge on any atom is -0.496 e. The van der Waals surface area contributed by atoms with Crippen LogP contribution < -0.4 is 20.3 Å². The molecule has 0 saturated heterocycles. The van der Waals surface area contributed by atoms with Gasteiger partial charge in [0.25, 0.3) is 5.56 Å². The first kappa shape index (κ1) is 18.5. The maximum absolute atomic E-state index is 12.9. The van der Waals surface area contributed by atoms with Gasteiger partial charge in [0.15, 0.2) is 5.65 Å². The topological polar surface area (TPSA) is 89.1 Å². The molecule has 0 aliphatic carbocycles. The zero-order chi connectivity index (χ0) is 20.2. The van der Waals surface area contributed by atoms with Crippen molar-refractivity contribution in [2.75, 3.05) is 19.0 Å². The van der Waals surface area contributed by atoms with E-state index in [-0.39, 0.29) is 5.56 Å². The number of ether oxygens (including phenoxy) is 2. The summed E-state index contributed by atoms with van der Waals surface area (Å²) in [6, 6.07) is 16.7. The molecule has 0 fully saturated rings. The Morgan fingerprint density at radius 3 is 2.59 bits per heavy atom. The Bertz CT molecular complexity index is 1200. The normalized spacial score (nSPS) is 10.7. The number of hydrogen-bond donors (Lipinski definition) is 2. The van der Waals surface area contributed by atoms with Gasteiger partial charge in [-0.1, -0.05) is 18.2 Å². The van der Waals surface area contributed by atoms with Crippen molar-refractivity contribution in [1.82, 2.24) is 15.0 Å². The van der Waals surface area contributed by atoms with Crippen LogP contribution in [-0.2, 0) is 0 Å². The molecule has 0 aliphatic heterocycles. The Labute approximate surface area is 167 Å². The summed E-state index contributed by atoms with van der Waals surface area (Å²) in [6.45, 7) is 2.54. The van der Waals surface area contributed by atoms with Gasteiger partial charge in [0, 0.05) is 23.0 Å². The lowest BCUT2D eigenvalue weighted by molar-refractivity contribution is 0.340. The molecule has 29 heavy (non-hydrogen) atoms. The summed E-state index contributed by atoms with van der Waals surface area (Å²) >= 11 is 0. The average Bonchev–Trinajstić information content (AvgIpc) is 2.75. The predicted octanol–water partition coefficient (Wildman–Crippen LogP) is 4.14. The summed E-state index contributed by atoms with van der Waals surface area (Å²) in [5.41, 5.74) is 2.37. The first-order valence-electron chi connectivity index (χ1n) is 9.22. The van der Waals surface area contributed by atoms with E-state index >= 15 is 0 Å². The zero-order valence-electron chi connectivity index (χ0n) is 16.1. The molecule has 0 radical (unpaired) electrons. The van der Waals surface area contributed by atoms with E-state index in [1.54, 1.807) is 19.4 Å². The third kappa shape index (κ3) is 3.75. The lowest BCUT2D eigenvalue weighted by atomic mass is 10.0. The van der Waals surface area contributed by atoms with Crippen LogP contribution in [0.4, 0.5) is 11.6 Å². The fourth-order valence-electron chi connectivity index (χ4n) is 3.15. The molecule has 4 rings (SSSR count). The molecule has 0 amide bonds. The Kier molecular flexibility index (Phi) is 5.11. The van der Waals surface area contributed by atoms with Crippen LogP contribution >= 0.6 is 0 Å². The standard InChI is InChI=1S/C22H20N4O3/c1-3-29-15-10-8-14(9-11-15)24-22-25-20-19(21(27)26-22)17(12-13-23-20)16-6-4-5-7-18(16)28-2/h4-13H,3H2,1-2H3,(H2,23,24,25,26,27). The second-order valence-corrected chi connectivity index (χ2v) is 6.25. The highest BCUT2D eigenvalue weighted by atomic mass is 16.5. The van der Waals surface area contributed by atoms with Gasteiger partial charge in [0.1, 0.15) is 11.5 Å². The highest BCUT2D eigenvalue weighted by Crippen LogP contribution is 2.32. The van der Waals surface area contributed by atoms with Crippen molar-refractivity contribution in [3.05, 3.63) is 71.1 Å². The summed E-state index contributed by atoms with van der Waals surface area (Å²) < 4.78 is 10.9. The molecule has 0 aliphatic rings. The van der Waals surface area contributed by atoms with Crippen LogP contribution in [0.1, 0.15) is 6.92 Å². The van der Waals surface area contributed by atoms with E-state index in [1.165, 1.54) is 0 Å². The van der Waals surface area contributed by atoms with Gasteiger partial charge in [-0.3, -0.25) is 9.78 Å². The van der Waals surface area contributed by atoms with Crippen LogP contribution in [0.15, 0.2) is 65.6 Å². The first-order valence-corrected chi connectivity index (χ1v) is 9.22. The molecular weight excluding hydrogens is 368 g/mol. The first-order chi connectivity index (χ1) is 14.2. The summed E-state index contributed by atoms with van der Waals surface area (Å²) in [7, 11) is 1.60. The molecule has 4 aromatic rings. The number of pyridine rings is 1. The molecule has 0 saturated carbocycles. The molecule has 2 aromatic heterocycles. The minimum absolute atomic E-state index is 0.280. The SMILES string of the molecule is CCOc1ccc(Nc2nc3nccc(-c4ccccc4OC)c3c(=O)[nH]2)cc1. The van der Waals surface area contributed by atoms with Gasteiger partial charge in [0.2, 0.25) is 5.95 Å². The number of anilines is 2. The summed E-state index contributed by atoms with van der Waals surface area (Å²) in [6.07, 6.45) is 1.64. The van der Waals surface area contributed by atoms with Crippen molar-refractivity contribution in [1.29, 1.82) is 0 Å². The number of para-hydroxylation sites is 1. The van der Waals surface area contributed by atoms with E-state index in [0.717, 1.165) is 17.0 Å². The maximum atomic E-state index is 12.9. The Hall–Kier alpha value is -3.87. The molecule has 2 heterocycles. The van der Waals surface area contributed by atoms with Gasteiger partial charge in [-0.05, 0) is 43.3 Å². The largest absolute Gasteiger partial charge is 0.496 e. The summed E-state index contributed by atoms with van der Waals surface area (Å²) in [4.78, 5) is 24.5. The predicted molar refractivity (Wildman–Crippen MR) is 113 cm³/mol. The van der Waals surface area contributed by atoms with Crippen molar-refractivity contribution >= 4 is 22.7 Å². The number of rotatable bonds is 6. The van der Waals surface area contributed by atoms with Crippen LogP contribution in [0.25, 0.3) is 22.2 Å². The lowest BCUT2D eigenvalue weighted by Crippen LogP contribution is -2.13. The highest BCUT2D eigenvalue weighted by molar-refractivity contribution is 5.94. The second-order valence-electron chi connectivity index (χ2n) is 6.25. The molecular formula is C22H20N4O3. The Morgan fingerprint density at radius 2 is 1.83 bits per heavy atom. The van der Waals surface area contributed by atoms with Gasteiger partial charge in [-0.15, -0.1) is 0 Å². The Morgan fingerprint density at radius 1 is 1.03 bits per heavy atom. The van der Waals surface area contributed by atoms with Crippen LogP contribution in [0.5, 0.6) is 11.5 Å². The van der Waals surface area contributed by atoms with Gasteiger partial charge in [-0.25, -0.2) is 4.98 Å². The number of benzene rings is 2. The van der Waals surface area contributed by atoms with E-state index in [1.807, 2.05) is 55.5 Å². The minimum atomic E-state index is -0.280. The lowest BCUT2D eigenvalue weighted by Gasteiger charge is -2.11. The monoisotopic (exact) mass is 388 g/mol. The number of nitrogens with one attached hydrogen (secondary N) is 2. The zero-order valence-corrected chi connectivity index (χ0v) is 16.1. The average molecular weight is 388 g/mol. The molecule has 2 N–H and O–H groups in total. The number of fused-ring (bicyclic) bond motifs is 1. The smallest absolute Gasteiger partial charge is 0.262 e.